The Morgan fingerprint density at radius 2 is 1.61 bits per heavy atom. The minimum atomic E-state index is -5.40. The lowest BCUT2D eigenvalue weighted by Crippen LogP contribution is -2.52. The largest absolute Gasteiger partial charge is 0.573 e. The lowest BCUT2D eigenvalue weighted by atomic mass is 9.94. The number of benzene rings is 1. The Bertz CT molecular complexity index is 973. The summed E-state index contributed by atoms with van der Waals surface area (Å²) in [6.45, 7) is 1.48. The van der Waals surface area contributed by atoms with Crippen molar-refractivity contribution in [2.24, 2.45) is 5.90 Å². The Hall–Kier alpha value is -2.79. The van der Waals surface area contributed by atoms with E-state index in [4.69, 9.17) is 20.5 Å². The number of alkyl halides is 6. The van der Waals surface area contributed by atoms with Crippen LogP contribution in [0.4, 0.5) is 26.3 Å². The molecule has 2 aliphatic heterocycles. The first-order chi connectivity index (χ1) is 17.4. The maximum Gasteiger partial charge on any atom is 0.573 e. The maximum absolute atomic E-state index is 13.5. The molecule has 1 aromatic carbocycles. The van der Waals surface area contributed by atoms with E-state index in [0.717, 1.165) is 0 Å². The average molecular weight is 572 g/mol. The van der Waals surface area contributed by atoms with Crippen molar-refractivity contribution in [3.63, 3.8) is 0 Å². The summed E-state index contributed by atoms with van der Waals surface area (Å²) in [5, 5.41) is 57.0. The van der Waals surface area contributed by atoms with Gasteiger partial charge in [0.1, 0.15) is 11.5 Å². The number of quaternary nitrogens is 1. The number of nitrogens with one attached hydrogen (secondary N) is 1. The smallest absolute Gasteiger partial charge is 0.475 e. The molecule has 0 spiro atoms. The zero-order chi connectivity index (χ0) is 29.5. The van der Waals surface area contributed by atoms with Crippen LogP contribution in [0.1, 0.15) is 17.5 Å². The molecule has 20 heteroatoms. The molecular formula is C18H24F6N3O11+. The van der Waals surface area contributed by atoms with Gasteiger partial charge in [0.25, 0.3) is 5.79 Å². The van der Waals surface area contributed by atoms with Gasteiger partial charge in [-0.3, -0.25) is 4.84 Å². The van der Waals surface area contributed by atoms with E-state index in [1.165, 1.54) is 19.5 Å². The van der Waals surface area contributed by atoms with Gasteiger partial charge in [-0.05, 0) is 37.7 Å². The molecular weight excluding hydrogens is 548 g/mol. The van der Waals surface area contributed by atoms with Crippen LogP contribution in [0.3, 0.4) is 0 Å². The SMILES string of the molecule is C1CNC1.NOCOC(=O)C1=Cc2cc(OC(F)(F)F)cc(C(O)(O)C(O)(O)O)c2OC1C(F)(F)F.[NH3+]O. The number of halogens is 6. The maximum atomic E-state index is 13.5. The van der Waals surface area contributed by atoms with Gasteiger partial charge in [0.15, 0.2) is 0 Å². The van der Waals surface area contributed by atoms with Crippen LogP contribution in [-0.4, -0.2) is 81.2 Å². The highest BCUT2D eigenvalue weighted by atomic mass is 19.4. The van der Waals surface area contributed by atoms with Crippen LogP contribution in [0.15, 0.2) is 17.7 Å². The third-order valence-electron chi connectivity index (χ3n) is 4.50. The van der Waals surface area contributed by atoms with Gasteiger partial charge in [-0.25, -0.2) is 21.8 Å². The standard InChI is InChI=1S/C15H13F6NO10.C3H7N.H4NO/c16-13(17,18)10-7(11(23)29-4-30-22)2-5-1-6(32-15(19,20)21)3-8(9(5)31-10)12(24,25)14(26,27)28;1-2-4-3-1;1-2/h1-3,10,24-28H,4,22H2;4H,1-3H2;2H,1H3/q;;+1. The summed E-state index contributed by atoms with van der Waals surface area (Å²) < 4.78 is 90.6. The lowest BCUT2D eigenvalue weighted by Gasteiger charge is -2.35. The van der Waals surface area contributed by atoms with E-state index in [9.17, 15) is 41.4 Å². The minimum Gasteiger partial charge on any atom is -0.475 e. The summed E-state index contributed by atoms with van der Waals surface area (Å²) in [6, 6.07) is 0.381. The fraction of sp³-hybridized carbons (Fsp3) is 0.500. The van der Waals surface area contributed by atoms with Crippen LogP contribution < -0.4 is 26.6 Å². The van der Waals surface area contributed by atoms with Crippen molar-refractivity contribution in [3.05, 3.63) is 28.8 Å². The van der Waals surface area contributed by atoms with Gasteiger partial charge < -0.3 is 45.1 Å². The highest BCUT2D eigenvalue weighted by Gasteiger charge is 2.54. The van der Waals surface area contributed by atoms with E-state index in [1.54, 1.807) is 0 Å². The molecule has 0 saturated carbocycles. The third kappa shape index (κ3) is 8.62. The number of rotatable bonds is 6. The summed E-state index contributed by atoms with van der Waals surface area (Å²) in [7, 11) is 0. The summed E-state index contributed by atoms with van der Waals surface area (Å²) in [5.41, 5.74) is -3.79. The van der Waals surface area contributed by atoms with Crippen molar-refractivity contribution in [2.75, 3.05) is 19.9 Å². The number of carbonyl (C=O) groups excluding carboxylic acids is 1. The quantitative estimate of drug-likeness (QED) is 0.0780. The van der Waals surface area contributed by atoms with Gasteiger partial charge in [0, 0.05) is 5.56 Å². The van der Waals surface area contributed by atoms with Crippen LogP contribution in [0.5, 0.6) is 11.5 Å². The van der Waals surface area contributed by atoms with Crippen molar-refractivity contribution < 1.29 is 86.8 Å². The fourth-order valence-corrected chi connectivity index (χ4v) is 2.68. The summed E-state index contributed by atoms with van der Waals surface area (Å²) in [6.07, 6.45) is -12.3. The van der Waals surface area contributed by atoms with E-state index in [-0.39, 0.29) is 6.07 Å². The van der Waals surface area contributed by atoms with E-state index < -0.39 is 71.4 Å². The van der Waals surface area contributed by atoms with Crippen LogP contribution in [0.25, 0.3) is 6.08 Å². The van der Waals surface area contributed by atoms with Crippen molar-refractivity contribution >= 4 is 12.0 Å². The molecule has 0 aliphatic carbocycles. The minimum absolute atomic E-state index is 0.0105. The number of nitrogens with two attached hydrogens (primary N) is 1. The predicted molar refractivity (Wildman–Crippen MR) is 105 cm³/mol. The molecule has 1 aromatic rings. The molecule has 218 valence electrons. The van der Waals surface area contributed by atoms with Crippen molar-refractivity contribution in [1.29, 1.82) is 0 Å². The molecule has 3 rings (SSSR count). The molecule has 1 fully saturated rings. The molecule has 2 aliphatic rings. The first-order valence-corrected chi connectivity index (χ1v) is 9.90. The Morgan fingerprint density at radius 3 is 2.00 bits per heavy atom. The van der Waals surface area contributed by atoms with Gasteiger partial charge in [-0.1, -0.05) is 0 Å². The molecule has 0 bridgehead atoms. The zero-order valence-electron chi connectivity index (χ0n) is 18.9. The van der Waals surface area contributed by atoms with E-state index in [0.29, 0.717) is 12.1 Å². The van der Waals surface area contributed by atoms with Gasteiger partial charge in [0.05, 0.1) is 11.1 Å². The predicted octanol–water partition coefficient (Wildman–Crippen LogP) is -1.95. The molecule has 12 N–H and O–H groups in total. The van der Waals surface area contributed by atoms with E-state index in [2.05, 4.69) is 36.2 Å². The normalized spacial score (nSPS) is 17.2. The molecule has 1 saturated heterocycles. The number of fused-ring (bicyclic) bond motifs is 1. The van der Waals surface area contributed by atoms with Crippen molar-refractivity contribution in [1.82, 2.24) is 5.32 Å². The summed E-state index contributed by atoms with van der Waals surface area (Å²) in [5.74, 6) is -6.32. The number of hydrogen-bond donors (Lipinski definition) is 9. The third-order valence-corrected chi connectivity index (χ3v) is 4.50. The first kappa shape index (κ1) is 33.2. The second-order valence-electron chi connectivity index (χ2n) is 7.20. The summed E-state index contributed by atoms with van der Waals surface area (Å²) >= 11 is 0. The van der Waals surface area contributed by atoms with Crippen LogP contribution in [-0.2, 0) is 20.2 Å². The highest BCUT2D eigenvalue weighted by molar-refractivity contribution is 5.96. The second kappa shape index (κ2) is 12.8. The molecule has 38 heavy (non-hydrogen) atoms. The highest BCUT2D eigenvalue weighted by Crippen LogP contribution is 2.46. The topological polar surface area (TPSA) is 241 Å². The Kier molecular flexibility index (Phi) is 11.2. The van der Waals surface area contributed by atoms with E-state index >= 15 is 0 Å². The fourth-order valence-electron chi connectivity index (χ4n) is 2.68. The molecule has 0 radical (unpaired) electrons. The molecule has 0 amide bonds. The number of esters is 1. The molecule has 0 aromatic heterocycles. The Balaban J connectivity index is 0.00000107. The van der Waals surface area contributed by atoms with Crippen LogP contribution in [0, 0.1) is 0 Å². The molecule has 1 unspecified atom stereocenters. The van der Waals surface area contributed by atoms with Crippen molar-refractivity contribution in [2.45, 2.75) is 36.8 Å². The number of hydrogen-bond acceptors (Lipinski definition) is 13. The first-order valence-electron chi connectivity index (χ1n) is 9.90. The molecule has 2 heterocycles. The van der Waals surface area contributed by atoms with Gasteiger partial charge in [0.2, 0.25) is 12.9 Å². The van der Waals surface area contributed by atoms with Gasteiger partial charge in [-0.2, -0.15) is 13.2 Å². The van der Waals surface area contributed by atoms with Gasteiger partial charge in [-0.15, -0.1) is 13.2 Å². The molecule has 14 nitrogen and oxygen atoms in total. The van der Waals surface area contributed by atoms with Crippen molar-refractivity contribution in [3.8, 4) is 11.5 Å². The number of carbonyl (C=O) groups is 1. The Morgan fingerprint density at radius 1 is 1.08 bits per heavy atom. The molecule has 1 atom stereocenters. The van der Waals surface area contributed by atoms with Crippen LogP contribution in [0.2, 0.25) is 0 Å². The summed E-state index contributed by atoms with van der Waals surface area (Å²) in [4.78, 5) is 15.8. The zero-order valence-corrected chi connectivity index (χ0v) is 18.9. The van der Waals surface area contributed by atoms with Crippen LogP contribution >= 0.6 is 0 Å². The Labute approximate surface area is 208 Å². The number of ether oxygens (including phenoxy) is 3. The number of aliphatic hydroxyl groups is 5. The lowest BCUT2D eigenvalue weighted by molar-refractivity contribution is -0.670. The monoisotopic (exact) mass is 572 g/mol. The van der Waals surface area contributed by atoms with E-state index in [1.807, 2.05) is 0 Å². The average Bonchev–Trinajstić information content (AvgIpc) is 2.73. The van der Waals surface area contributed by atoms with Gasteiger partial charge >= 0.3 is 24.5 Å². The second-order valence-corrected chi connectivity index (χ2v) is 7.20.